The van der Waals surface area contributed by atoms with Gasteiger partial charge in [0.2, 0.25) is 0 Å². The maximum absolute atomic E-state index is 13.0. The summed E-state index contributed by atoms with van der Waals surface area (Å²) < 4.78 is 0. The number of hydrogen-bond acceptors (Lipinski definition) is 3. The number of para-hydroxylation sites is 2. The third-order valence-corrected chi connectivity index (χ3v) is 6.43. The van der Waals surface area contributed by atoms with Gasteiger partial charge >= 0.3 is 6.03 Å². The van der Waals surface area contributed by atoms with Crippen LogP contribution in [0.1, 0.15) is 51.4 Å². The lowest BCUT2D eigenvalue weighted by Gasteiger charge is -2.37. The summed E-state index contributed by atoms with van der Waals surface area (Å²) in [5.41, 5.74) is 2.15. The maximum Gasteiger partial charge on any atom is 0.321 e. The molecular formula is C22H34N4O. The molecule has 2 amide bonds. The molecule has 3 heterocycles. The molecule has 3 aliphatic rings. The number of nitrogens with zero attached hydrogens (tertiary/aromatic N) is 3. The fraction of sp³-hybridized carbons (Fsp3) is 0.682. The minimum Gasteiger partial charge on any atom is -0.370 e. The van der Waals surface area contributed by atoms with E-state index in [9.17, 15) is 4.79 Å². The molecule has 3 fully saturated rings. The van der Waals surface area contributed by atoms with Crippen molar-refractivity contribution in [1.29, 1.82) is 0 Å². The third-order valence-electron chi connectivity index (χ3n) is 6.43. The largest absolute Gasteiger partial charge is 0.370 e. The molecule has 27 heavy (non-hydrogen) atoms. The molecule has 1 atom stereocenters. The van der Waals surface area contributed by atoms with Gasteiger partial charge < -0.3 is 15.1 Å². The zero-order chi connectivity index (χ0) is 18.5. The molecule has 0 bridgehead atoms. The number of urea groups is 1. The van der Waals surface area contributed by atoms with Crippen molar-refractivity contribution in [3.8, 4) is 0 Å². The van der Waals surface area contributed by atoms with Crippen molar-refractivity contribution in [3.63, 3.8) is 0 Å². The lowest BCUT2D eigenvalue weighted by molar-refractivity contribution is 0.132. The van der Waals surface area contributed by atoms with Gasteiger partial charge in [0.15, 0.2) is 0 Å². The van der Waals surface area contributed by atoms with E-state index in [1.54, 1.807) is 0 Å². The second-order valence-electron chi connectivity index (χ2n) is 8.33. The lowest BCUT2D eigenvalue weighted by atomic mass is 10.0. The number of anilines is 2. The van der Waals surface area contributed by atoms with Crippen LogP contribution in [0.4, 0.5) is 16.2 Å². The molecule has 0 aliphatic carbocycles. The normalized spacial score (nSPS) is 24.7. The van der Waals surface area contributed by atoms with Gasteiger partial charge in [0.25, 0.3) is 0 Å². The van der Waals surface area contributed by atoms with E-state index in [4.69, 9.17) is 0 Å². The summed E-state index contributed by atoms with van der Waals surface area (Å²) in [6, 6.07) is 8.94. The van der Waals surface area contributed by atoms with E-state index in [1.807, 2.05) is 11.0 Å². The van der Waals surface area contributed by atoms with Crippen LogP contribution in [0.2, 0.25) is 0 Å². The van der Waals surface area contributed by atoms with Crippen molar-refractivity contribution in [2.24, 2.45) is 0 Å². The number of piperidine rings is 1. The number of carbonyl (C=O) groups is 1. The van der Waals surface area contributed by atoms with Crippen molar-refractivity contribution in [2.45, 2.75) is 57.4 Å². The summed E-state index contributed by atoms with van der Waals surface area (Å²) >= 11 is 0. The minimum absolute atomic E-state index is 0.0705. The van der Waals surface area contributed by atoms with E-state index in [0.717, 1.165) is 38.3 Å². The maximum atomic E-state index is 13.0. The molecule has 0 saturated carbocycles. The van der Waals surface area contributed by atoms with Crippen LogP contribution in [0.5, 0.6) is 0 Å². The van der Waals surface area contributed by atoms with Crippen LogP contribution in [-0.4, -0.2) is 61.1 Å². The van der Waals surface area contributed by atoms with Crippen LogP contribution in [0.15, 0.2) is 24.3 Å². The number of amides is 2. The predicted octanol–water partition coefficient (Wildman–Crippen LogP) is 4.16. The first-order valence-electron chi connectivity index (χ1n) is 11.0. The van der Waals surface area contributed by atoms with Gasteiger partial charge in [0, 0.05) is 32.2 Å². The Morgan fingerprint density at radius 3 is 2.33 bits per heavy atom. The highest BCUT2D eigenvalue weighted by atomic mass is 16.2. The van der Waals surface area contributed by atoms with Gasteiger partial charge in [-0.15, -0.1) is 0 Å². The second kappa shape index (κ2) is 8.96. The molecule has 0 unspecified atom stereocenters. The molecule has 4 rings (SSSR count). The molecule has 0 spiro atoms. The van der Waals surface area contributed by atoms with E-state index in [2.05, 4.69) is 33.3 Å². The van der Waals surface area contributed by atoms with Crippen LogP contribution in [0.25, 0.3) is 0 Å². The summed E-state index contributed by atoms with van der Waals surface area (Å²) in [7, 11) is 0. The molecule has 3 saturated heterocycles. The summed E-state index contributed by atoms with van der Waals surface area (Å²) in [6.45, 7) is 6.34. The quantitative estimate of drug-likeness (QED) is 0.868. The average molecular weight is 371 g/mol. The number of benzene rings is 1. The van der Waals surface area contributed by atoms with Gasteiger partial charge in [-0.2, -0.15) is 0 Å². The van der Waals surface area contributed by atoms with Crippen molar-refractivity contribution < 1.29 is 4.79 Å². The molecule has 148 valence electrons. The average Bonchev–Trinajstić information content (AvgIpc) is 3.12. The van der Waals surface area contributed by atoms with Gasteiger partial charge in [-0.3, -0.25) is 4.90 Å². The summed E-state index contributed by atoms with van der Waals surface area (Å²) in [5.74, 6) is 0. The van der Waals surface area contributed by atoms with E-state index in [0.29, 0.717) is 6.04 Å². The van der Waals surface area contributed by atoms with Crippen LogP contribution < -0.4 is 10.2 Å². The molecule has 5 heteroatoms. The fourth-order valence-corrected chi connectivity index (χ4v) is 4.90. The van der Waals surface area contributed by atoms with Gasteiger partial charge in [-0.05, 0) is 63.7 Å². The summed E-state index contributed by atoms with van der Waals surface area (Å²) in [6.07, 6.45) is 10.1. The van der Waals surface area contributed by atoms with Crippen molar-refractivity contribution in [2.75, 3.05) is 49.5 Å². The first-order chi connectivity index (χ1) is 13.3. The van der Waals surface area contributed by atoms with Crippen LogP contribution in [0, 0.1) is 0 Å². The van der Waals surface area contributed by atoms with Crippen LogP contribution >= 0.6 is 0 Å². The first kappa shape index (κ1) is 18.6. The van der Waals surface area contributed by atoms with Gasteiger partial charge in [-0.25, -0.2) is 4.79 Å². The Hall–Kier alpha value is -1.75. The Morgan fingerprint density at radius 2 is 1.56 bits per heavy atom. The second-order valence-corrected chi connectivity index (χ2v) is 8.33. The molecule has 1 aromatic rings. The molecule has 1 aromatic carbocycles. The molecule has 0 aromatic heterocycles. The number of carbonyl (C=O) groups excluding carboxylic acids is 1. The van der Waals surface area contributed by atoms with E-state index >= 15 is 0 Å². The standard InChI is InChI=1S/C22H34N4O/c27-22(26-17-9-10-19(18-26)24-13-7-8-14-24)23-20-11-3-4-12-21(20)25-15-5-1-2-6-16-25/h3-4,11-12,19H,1-2,5-10,13-18H2,(H,23,27)/t19-/m1/s1. The fourth-order valence-electron chi connectivity index (χ4n) is 4.90. The lowest BCUT2D eigenvalue weighted by Crippen LogP contribution is -2.50. The Labute approximate surface area is 163 Å². The highest BCUT2D eigenvalue weighted by molar-refractivity contribution is 5.93. The number of nitrogens with one attached hydrogen (secondary N) is 1. The van der Waals surface area contributed by atoms with E-state index < -0.39 is 0 Å². The topological polar surface area (TPSA) is 38.8 Å². The first-order valence-corrected chi connectivity index (χ1v) is 11.0. The number of hydrogen-bond donors (Lipinski definition) is 1. The Bertz CT molecular complexity index is 620. The Kier molecular flexibility index (Phi) is 6.17. The highest BCUT2D eigenvalue weighted by Crippen LogP contribution is 2.29. The van der Waals surface area contributed by atoms with Crippen LogP contribution in [0.3, 0.4) is 0 Å². The summed E-state index contributed by atoms with van der Waals surface area (Å²) in [5, 5.41) is 3.24. The Morgan fingerprint density at radius 1 is 0.852 bits per heavy atom. The summed E-state index contributed by atoms with van der Waals surface area (Å²) in [4.78, 5) is 20.1. The van der Waals surface area contributed by atoms with E-state index in [-0.39, 0.29) is 6.03 Å². The number of likely N-dealkylation sites (tertiary alicyclic amines) is 2. The van der Waals surface area contributed by atoms with Crippen LogP contribution in [-0.2, 0) is 0 Å². The Balaban J connectivity index is 1.41. The van der Waals surface area contributed by atoms with E-state index in [1.165, 1.54) is 63.7 Å². The smallest absolute Gasteiger partial charge is 0.321 e. The molecule has 0 radical (unpaired) electrons. The van der Waals surface area contributed by atoms with Crippen molar-refractivity contribution in [1.82, 2.24) is 9.80 Å². The third kappa shape index (κ3) is 4.57. The van der Waals surface area contributed by atoms with Crippen molar-refractivity contribution >= 4 is 17.4 Å². The zero-order valence-electron chi connectivity index (χ0n) is 16.5. The van der Waals surface area contributed by atoms with Gasteiger partial charge in [-0.1, -0.05) is 25.0 Å². The van der Waals surface area contributed by atoms with Crippen molar-refractivity contribution in [3.05, 3.63) is 24.3 Å². The highest BCUT2D eigenvalue weighted by Gasteiger charge is 2.29. The zero-order valence-corrected chi connectivity index (χ0v) is 16.5. The molecule has 3 aliphatic heterocycles. The molecule has 1 N–H and O–H groups in total. The monoisotopic (exact) mass is 370 g/mol. The SMILES string of the molecule is O=C(Nc1ccccc1N1CCCCCC1)N1CCC[C@@H](N2CCCC2)C1. The molecule has 5 nitrogen and oxygen atoms in total. The number of rotatable bonds is 3. The minimum atomic E-state index is 0.0705. The molecular weight excluding hydrogens is 336 g/mol. The predicted molar refractivity (Wildman–Crippen MR) is 112 cm³/mol. The van der Waals surface area contributed by atoms with Gasteiger partial charge in [0.05, 0.1) is 11.4 Å². The van der Waals surface area contributed by atoms with Gasteiger partial charge in [0.1, 0.15) is 0 Å².